The van der Waals surface area contributed by atoms with Gasteiger partial charge >= 0.3 is 0 Å². The molecule has 2 heterocycles. The zero-order chi connectivity index (χ0) is 11.6. The molecule has 1 aliphatic heterocycles. The first-order valence-corrected chi connectivity index (χ1v) is 7.66. The van der Waals surface area contributed by atoms with Crippen LogP contribution in [0.5, 0.6) is 0 Å². The average molecular weight is 260 g/mol. The maximum absolute atomic E-state index is 12.2. The third kappa shape index (κ3) is 2.29. The molecule has 0 amide bonds. The topological polar surface area (TPSA) is 49.4 Å². The second-order valence-corrected chi connectivity index (χ2v) is 7.13. The van der Waals surface area contributed by atoms with Crippen molar-refractivity contribution in [2.24, 2.45) is 0 Å². The molecule has 4 nitrogen and oxygen atoms in total. The van der Waals surface area contributed by atoms with E-state index in [0.29, 0.717) is 4.21 Å². The van der Waals surface area contributed by atoms with Crippen molar-refractivity contribution in [2.75, 3.05) is 20.1 Å². The van der Waals surface area contributed by atoms with Crippen molar-refractivity contribution < 1.29 is 8.42 Å². The van der Waals surface area contributed by atoms with Gasteiger partial charge in [0.05, 0.1) is 0 Å². The molecule has 1 unspecified atom stereocenters. The van der Waals surface area contributed by atoms with Crippen molar-refractivity contribution in [3.8, 4) is 0 Å². The number of hydrogen-bond acceptors (Lipinski definition) is 4. The minimum atomic E-state index is -3.28. The Labute approximate surface area is 100 Å². The monoisotopic (exact) mass is 260 g/mol. The molecule has 2 rings (SSSR count). The first-order chi connectivity index (χ1) is 7.62. The van der Waals surface area contributed by atoms with Crippen LogP contribution in [0.1, 0.15) is 12.8 Å². The van der Waals surface area contributed by atoms with Crippen molar-refractivity contribution in [2.45, 2.75) is 23.1 Å². The van der Waals surface area contributed by atoms with Gasteiger partial charge in [-0.3, -0.25) is 0 Å². The summed E-state index contributed by atoms with van der Waals surface area (Å²) in [5.41, 5.74) is 0. The summed E-state index contributed by atoms with van der Waals surface area (Å²) in [4.78, 5) is 0. The average Bonchev–Trinajstić information content (AvgIpc) is 2.83. The Morgan fingerprint density at radius 2 is 2.38 bits per heavy atom. The van der Waals surface area contributed by atoms with E-state index in [1.807, 2.05) is 0 Å². The lowest BCUT2D eigenvalue weighted by molar-refractivity contribution is 0.300. The molecule has 16 heavy (non-hydrogen) atoms. The molecule has 6 heteroatoms. The second kappa shape index (κ2) is 4.83. The third-order valence-corrected chi connectivity index (χ3v) is 6.20. The predicted molar refractivity (Wildman–Crippen MR) is 65.2 cm³/mol. The Morgan fingerprint density at radius 3 is 2.94 bits per heavy atom. The van der Waals surface area contributed by atoms with Crippen molar-refractivity contribution in [3.05, 3.63) is 17.5 Å². The smallest absolute Gasteiger partial charge is 0.252 e. The molecule has 0 aliphatic carbocycles. The summed E-state index contributed by atoms with van der Waals surface area (Å²) in [5, 5.41) is 5.02. The standard InChI is InChI=1S/C10H16N2O2S2/c1-12(9-4-2-6-11-8-9)16(13,14)10-5-3-7-15-10/h3,5,7,9,11H,2,4,6,8H2,1H3. The Balaban J connectivity index is 2.17. The normalized spacial score (nSPS) is 22.5. The van der Waals surface area contributed by atoms with E-state index < -0.39 is 10.0 Å². The zero-order valence-electron chi connectivity index (χ0n) is 9.22. The highest BCUT2D eigenvalue weighted by atomic mass is 32.2. The Kier molecular flexibility index (Phi) is 3.63. The third-order valence-electron chi connectivity index (χ3n) is 2.91. The van der Waals surface area contributed by atoms with E-state index in [2.05, 4.69) is 5.32 Å². The number of rotatable bonds is 3. The number of nitrogens with one attached hydrogen (secondary N) is 1. The molecule has 1 aromatic rings. The van der Waals surface area contributed by atoms with Crippen LogP contribution in [-0.2, 0) is 10.0 Å². The lowest BCUT2D eigenvalue weighted by Crippen LogP contribution is -2.46. The fourth-order valence-electron chi connectivity index (χ4n) is 1.89. The number of nitrogens with zero attached hydrogens (tertiary/aromatic N) is 1. The van der Waals surface area contributed by atoms with Crippen molar-refractivity contribution in [1.29, 1.82) is 0 Å². The van der Waals surface area contributed by atoms with Crippen LogP contribution in [0.15, 0.2) is 21.7 Å². The molecular weight excluding hydrogens is 244 g/mol. The van der Waals surface area contributed by atoms with Gasteiger partial charge in [0.15, 0.2) is 0 Å². The van der Waals surface area contributed by atoms with Crippen LogP contribution in [0.2, 0.25) is 0 Å². The van der Waals surface area contributed by atoms with E-state index in [1.54, 1.807) is 24.6 Å². The maximum atomic E-state index is 12.2. The lowest BCUT2D eigenvalue weighted by atomic mass is 10.1. The van der Waals surface area contributed by atoms with E-state index >= 15 is 0 Å². The summed E-state index contributed by atoms with van der Waals surface area (Å²) < 4.78 is 26.3. The van der Waals surface area contributed by atoms with Gasteiger partial charge in [-0.25, -0.2) is 8.42 Å². The van der Waals surface area contributed by atoms with Gasteiger partial charge in [-0.05, 0) is 30.8 Å². The molecule has 0 radical (unpaired) electrons. The van der Waals surface area contributed by atoms with Crippen molar-refractivity contribution in [3.63, 3.8) is 0 Å². The summed E-state index contributed by atoms with van der Waals surface area (Å²) in [7, 11) is -1.61. The van der Waals surface area contributed by atoms with Gasteiger partial charge in [0.1, 0.15) is 4.21 Å². The summed E-state index contributed by atoms with van der Waals surface area (Å²) in [6.45, 7) is 1.74. The predicted octanol–water partition coefficient (Wildman–Crippen LogP) is 1.12. The van der Waals surface area contributed by atoms with Crippen LogP contribution in [0, 0.1) is 0 Å². The highest BCUT2D eigenvalue weighted by molar-refractivity contribution is 7.91. The van der Waals surface area contributed by atoms with Crippen LogP contribution in [0.25, 0.3) is 0 Å². The molecule has 0 spiro atoms. The van der Waals surface area contributed by atoms with Gasteiger partial charge in [-0.15, -0.1) is 11.3 Å². The highest BCUT2D eigenvalue weighted by Crippen LogP contribution is 2.23. The first-order valence-electron chi connectivity index (χ1n) is 5.34. The van der Waals surface area contributed by atoms with Crippen LogP contribution in [-0.4, -0.2) is 38.9 Å². The van der Waals surface area contributed by atoms with Gasteiger partial charge in [0.25, 0.3) is 10.0 Å². The summed E-state index contributed by atoms with van der Waals surface area (Å²) in [6.07, 6.45) is 1.98. The van der Waals surface area contributed by atoms with E-state index in [1.165, 1.54) is 15.6 Å². The van der Waals surface area contributed by atoms with Crippen molar-refractivity contribution in [1.82, 2.24) is 9.62 Å². The summed E-state index contributed by atoms with van der Waals surface area (Å²) in [6, 6.07) is 3.51. The van der Waals surface area contributed by atoms with Crippen LogP contribution < -0.4 is 5.32 Å². The van der Waals surface area contributed by atoms with Gasteiger partial charge < -0.3 is 5.32 Å². The quantitative estimate of drug-likeness (QED) is 0.886. The Morgan fingerprint density at radius 1 is 1.56 bits per heavy atom. The minimum absolute atomic E-state index is 0.0841. The largest absolute Gasteiger partial charge is 0.315 e. The maximum Gasteiger partial charge on any atom is 0.252 e. The van der Waals surface area contributed by atoms with Gasteiger partial charge in [-0.2, -0.15) is 4.31 Å². The van der Waals surface area contributed by atoms with Gasteiger partial charge in [0, 0.05) is 19.6 Å². The number of hydrogen-bond donors (Lipinski definition) is 1. The highest BCUT2D eigenvalue weighted by Gasteiger charge is 2.29. The van der Waals surface area contributed by atoms with Crippen molar-refractivity contribution >= 4 is 21.4 Å². The van der Waals surface area contributed by atoms with Crippen LogP contribution in [0.4, 0.5) is 0 Å². The van der Waals surface area contributed by atoms with E-state index in [9.17, 15) is 8.42 Å². The van der Waals surface area contributed by atoms with Crippen LogP contribution in [0.3, 0.4) is 0 Å². The fourth-order valence-corrected chi connectivity index (χ4v) is 4.45. The number of thiophene rings is 1. The molecule has 0 saturated carbocycles. The molecule has 0 aromatic carbocycles. The fraction of sp³-hybridized carbons (Fsp3) is 0.600. The molecule has 1 N–H and O–H groups in total. The van der Waals surface area contributed by atoms with E-state index in [0.717, 1.165) is 25.9 Å². The molecule has 1 aromatic heterocycles. The Bertz CT molecular complexity index is 422. The molecule has 1 atom stereocenters. The first kappa shape index (κ1) is 12.0. The number of sulfonamides is 1. The zero-order valence-corrected chi connectivity index (χ0v) is 10.9. The van der Waals surface area contributed by atoms with Crippen LogP contribution >= 0.6 is 11.3 Å². The van der Waals surface area contributed by atoms with Gasteiger partial charge in [0.2, 0.25) is 0 Å². The molecule has 90 valence electrons. The molecule has 1 fully saturated rings. The summed E-state index contributed by atoms with van der Waals surface area (Å²) >= 11 is 1.27. The van der Waals surface area contributed by atoms with E-state index in [-0.39, 0.29) is 6.04 Å². The minimum Gasteiger partial charge on any atom is -0.315 e. The SMILES string of the molecule is CN(C1CCCNC1)S(=O)(=O)c1cccs1. The number of piperidine rings is 1. The molecule has 1 aliphatic rings. The second-order valence-electron chi connectivity index (χ2n) is 3.95. The summed E-state index contributed by atoms with van der Waals surface area (Å²) in [5.74, 6) is 0. The number of likely N-dealkylation sites (N-methyl/N-ethyl adjacent to an activating group) is 1. The molecular formula is C10H16N2O2S2. The molecule has 0 bridgehead atoms. The molecule has 1 saturated heterocycles. The van der Waals surface area contributed by atoms with E-state index in [4.69, 9.17) is 0 Å². The lowest BCUT2D eigenvalue weighted by Gasteiger charge is -2.30. The Hall–Kier alpha value is -0.430. The van der Waals surface area contributed by atoms with Gasteiger partial charge in [-0.1, -0.05) is 6.07 Å².